The smallest absolute Gasteiger partial charge is 0.294 e. The van der Waals surface area contributed by atoms with Gasteiger partial charge in [0.15, 0.2) is 5.67 Å². The van der Waals surface area contributed by atoms with Crippen LogP contribution in [-0.2, 0) is 10.4 Å². The summed E-state index contributed by atoms with van der Waals surface area (Å²) in [7, 11) is 0. The van der Waals surface area contributed by atoms with Crippen molar-refractivity contribution < 1.29 is 18.7 Å². The standard InChI is InChI=1S/C25H25ClFN5O3/c1-24(2)13-30(22(33)17-5-3-6-18(11-17)25(27)14-35-15-25)9-10-31(24)23(34)21-28-16-32(29-21)20-8-4-7-19(26)12-20/h3-8,11-12,16H,9-10,13-15H2,1-2H3. The minimum absolute atomic E-state index is 0.000427. The third-order valence-electron chi connectivity index (χ3n) is 6.48. The summed E-state index contributed by atoms with van der Waals surface area (Å²) in [6.07, 6.45) is 1.48. The Labute approximate surface area is 207 Å². The van der Waals surface area contributed by atoms with Crippen molar-refractivity contribution in [2.24, 2.45) is 0 Å². The van der Waals surface area contributed by atoms with Crippen LogP contribution in [0.3, 0.4) is 0 Å². The molecule has 5 rings (SSSR count). The molecule has 35 heavy (non-hydrogen) atoms. The lowest BCUT2D eigenvalue weighted by molar-refractivity contribution is -0.135. The van der Waals surface area contributed by atoms with Gasteiger partial charge in [-0.15, -0.1) is 5.10 Å². The molecule has 182 valence electrons. The lowest BCUT2D eigenvalue weighted by atomic mass is 9.92. The molecular formula is C25H25ClFN5O3. The first-order chi connectivity index (χ1) is 16.7. The van der Waals surface area contributed by atoms with Crippen molar-refractivity contribution in [1.29, 1.82) is 0 Å². The lowest BCUT2D eigenvalue weighted by Gasteiger charge is -2.46. The zero-order valence-electron chi connectivity index (χ0n) is 19.4. The second-order valence-corrected chi connectivity index (χ2v) is 9.96. The highest BCUT2D eigenvalue weighted by molar-refractivity contribution is 6.30. The monoisotopic (exact) mass is 497 g/mol. The fraction of sp³-hybridized carbons (Fsp3) is 0.360. The van der Waals surface area contributed by atoms with Gasteiger partial charge in [-0.3, -0.25) is 9.59 Å². The number of piperazine rings is 1. The molecule has 2 aliphatic rings. The number of ether oxygens (including phenoxy) is 1. The molecule has 3 aromatic rings. The van der Waals surface area contributed by atoms with E-state index in [1.807, 2.05) is 19.9 Å². The Hall–Kier alpha value is -3.30. The van der Waals surface area contributed by atoms with Crippen LogP contribution in [0.5, 0.6) is 0 Å². The molecule has 2 saturated heterocycles. The van der Waals surface area contributed by atoms with Gasteiger partial charge in [0.2, 0.25) is 5.82 Å². The SMILES string of the molecule is CC1(C)CN(C(=O)c2cccc(C3(F)COC3)c2)CCN1C(=O)c1ncn(-c2cccc(Cl)c2)n1. The van der Waals surface area contributed by atoms with Gasteiger partial charge in [-0.2, -0.15) is 0 Å². The second-order valence-electron chi connectivity index (χ2n) is 9.53. The van der Waals surface area contributed by atoms with E-state index in [1.54, 1.807) is 52.3 Å². The normalized spacial score (nSPS) is 18.7. The Morgan fingerprint density at radius 2 is 1.83 bits per heavy atom. The van der Waals surface area contributed by atoms with Gasteiger partial charge in [-0.05, 0) is 49.7 Å². The Bertz CT molecular complexity index is 1290. The number of alkyl halides is 1. The van der Waals surface area contributed by atoms with E-state index in [-0.39, 0.29) is 30.9 Å². The van der Waals surface area contributed by atoms with E-state index in [1.165, 1.54) is 11.0 Å². The van der Waals surface area contributed by atoms with Crippen molar-refractivity contribution in [3.8, 4) is 5.69 Å². The van der Waals surface area contributed by atoms with E-state index in [4.69, 9.17) is 16.3 Å². The van der Waals surface area contributed by atoms with E-state index in [2.05, 4.69) is 10.1 Å². The third kappa shape index (κ3) is 4.41. The number of carbonyl (C=O) groups is 2. The van der Waals surface area contributed by atoms with Crippen LogP contribution < -0.4 is 0 Å². The summed E-state index contributed by atoms with van der Waals surface area (Å²) in [5.41, 5.74) is -0.632. The quantitative estimate of drug-likeness (QED) is 0.551. The van der Waals surface area contributed by atoms with Gasteiger partial charge >= 0.3 is 0 Å². The minimum atomic E-state index is -1.54. The molecule has 8 nitrogen and oxygen atoms in total. The molecule has 3 heterocycles. The van der Waals surface area contributed by atoms with Gasteiger partial charge in [0.25, 0.3) is 11.8 Å². The van der Waals surface area contributed by atoms with Crippen LogP contribution in [0, 0.1) is 0 Å². The zero-order chi connectivity index (χ0) is 24.8. The maximum atomic E-state index is 14.8. The third-order valence-corrected chi connectivity index (χ3v) is 6.71. The Morgan fingerprint density at radius 1 is 1.06 bits per heavy atom. The van der Waals surface area contributed by atoms with E-state index < -0.39 is 11.2 Å². The number of amides is 2. The average molecular weight is 498 g/mol. The number of rotatable bonds is 4. The number of carbonyl (C=O) groups excluding carboxylic acids is 2. The van der Waals surface area contributed by atoms with Crippen molar-refractivity contribution in [1.82, 2.24) is 24.6 Å². The van der Waals surface area contributed by atoms with Crippen molar-refractivity contribution in [3.05, 3.63) is 76.8 Å². The van der Waals surface area contributed by atoms with Crippen molar-refractivity contribution in [2.75, 3.05) is 32.8 Å². The van der Waals surface area contributed by atoms with Crippen molar-refractivity contribution >= 4 is 23.4 Å². The number of benzene rings is 2. The zero-order valence-corrected chi connectivity index (χ0v) is 20.2. The van der Waals surface area contributed by atoms with Crippen LogP contribution in [0.2, 0.25) is 5.02 Å². The number of aromatic nitrogens is 3. The molecule has 2 fully saturated rings. The number of halogens is 2. The minimum Gasteiger partial charge on any atom is -0.374 e. The maximum Gasteiger partial charge on any atom is 0.294 e. The molecule has 0 unspecified atom stereocenters. The van der Waals surface area contributed by atoms with Gasteiger partial charge in [0.1, 0.15) is 6.33 Å². The molecule has 0 saturated carbocycles. The summed E-state index contributed by atoms with van der Waals surface area (Å²) in [5, 5.41) is 4.90. The molecule has 0 radical (unpaired) electrons. The first-order valence-corrected chi connectivity index (χ1v) is 11.7. The van der Waals surface area contributed by atoms with Gasteiger partial charge in [-0.25, -0.2) is 14.1 Å². The van der Waals surface area contributed by atoms with Crippen LogP contribution in [0.1, 0.15) is 40.4 Å². The second kappa shape index (κ2) is 8.73. The van der Waals surface area contributed by atoms with E-state index >= 15 is 0 Å². The Kier molecular flexibility index (Phi) is 5.85. The summed E-state index contributed by atoms with van der Waals surface area (Å²) < 4.78 is 21.3. The Balaban J connectivity index is 1.30. The van der Waals surface area contributed by atoms with Crippen LogP contribution in [0.25, 0.3) is 5.69 Å². The summed E-state index contributed by atoms with van der Waals surface area (Å²) >= 11 is 6.05. The number of hydrogen-bond acceptors (Lipinski definition) is 5. The molecule has 2 aliphatic heterocycles. The predicted molar refractivity (Wildman–Crippen MR) is 127 cm³/mol. The molecule has 0 bridgehead atoms. The highest BCUT2D eigenvalue weighted by Crippen LogP contribution is 2.34. The fourth-order valence-corrected chi connectivity index (χ4v) is 4.68. The molecule has 0 N–H and O–H groups in total. The van der Waals surface area contributed by atoms with Gasteiger partial charge < -0.3 is 14.5 Å². The van der Waals surface area contributed by atoms with E-state index in [0.717, 1.165) is 0 Å². The highest BCUT2D eigenvalue weighted by Gasteiger charge is 2.42. The van der Waals surface area contributed by atoms with Gasteiger partial charge in [0.05, 0.1) is 24.4 Å². The molecule has 0 atom stereocenters. The van der Waals surface area contributed by atoms with Crippen LogP contribution in [0.15, 0.2) is 54.9 Å². The van der Waals surface area contributed by atoms with Gasteiger partial charge in [-0.1, -0.05) is 29.8 Å². The number of nitrogens with zero attached hydrogens (tertiary/aromatic N) is 5. The lowest BCUT2D eigenvalue weighted by Crippen LogP contribution is -2.62. The molecule has 0 spiro atoms. The summed E-state index contributed by atoms with van der Waals surface area (Å²) in [6, 6.07) is 13.8. The molecule has 2 amide bonds. The van der Waals surface area contributed by atoms with Crippen molar-refractivity contribution in [2.45, 2.75) is 25.1 Å². The number of hydrogen-bond donors (Lipinski definition) is 0. The predicted octanol–water partition coefficient (Wildman–Crippen LogP) is 3.49. The molecular weight excluding hydrogens is 473 g/mol. The first kappa shape index (κ1) is 23.4. The molecule has 10 heteroatoms. The topological polar surface area (TPSA) is 80.6 Å². The molecule has 2 aromatic carbocycles. The summed E-state index contributed by atoms with van der Waals surface area (Å²) in [5.74, 6) is -0.435. The van der Waals surface area contributed by atoms with Crippen molar-refractivity contribution in [3.63, 3.8) is 0 Å². The first-order valence-electron chi connectivity index (χ1n) is 11.3. The highest BCUT2D eigenvalue weighted by atomic mass is 35.5. The molecule has 1 aromatic heterocycles. The van der Waals surface area contributed by atoms with Crippen LogP contribution >= 0.6 is 11.6 Å². The molecule has 0 aliphatic carbocycles. The van der Waals surface area contributed by atoms with E-state index in [0.29, 0.717) is 41.5 Å². The van der Waals surface area contributed by atoms with E-state index in [9.17, 15) is 14.0 Å². The van der Waals surface area contributed by atoms with Crippen LogP contribution in [-0.4, -0.2) is 74.8 Å². The fourth-order valence-electron chi connectivity index (χ4n) is 4.49. The van der Waals surface area contributed by atoms with Gasteiger partial charge in [0, 0.05) is 30.2 Å². The van der Waals surface area contributed by atoms with Crippen LogP contribution in [0.4, 0.5) is 4.39 Å². The summed E-state index contributed by atoms with van der Waals surface area (Å²) in [6.45, 7) is 4.79. The maximum absolute atomic E-state index is 14.8. The Morgan fingerprint density at radius 3 is 2.51 bits per heavy atom. The largest absolute Gasteiger partial charge is 0.374 e. The summed E-state index contributed by atoms with van der Waals surface area (Å²) in [4.78, 5) is 34.1. The average Bonchev–Trinajstić information content (AvgIpc) is 3.31.